The Morgan fingerprint density at radius 2 is 2.00 bits per heavy atom. The van der Waals surface area contributed by atoms with Crippen LogP contribution in [0.1, 0.15) is 34.3 Å². The molecule has 0 heterocycles. The Bertz CT molecular complexity index is 612. The molecule has 1 aromatic rings. The zero-order valence-electron chi connectivity index (χ0n) is 11.9. The summed E-state index contributed by atoms with van der Waals surface area (Å²) in [6.07, 6.45) is 3.53. The molecule has 0 saturated heterocycles. The number of aryl methyl sites for hydroxylation is 1. The third-order valence-corrected chi connectivity index (χ3v) is 4.74. The SMILES string of the molecule is CSc1c(C(=O)C(C#N)C(=O)C2CC2)ccc(C)c1C. The van der Waals surface area contributed by atoms with Crippen LogP contribution < -0.4 is 0 Å². The monoisotopic (exact) mass is 287 g/mol. The molecule has 3 nitrogen and oxygen atoms in total. The first-order valence-corrected chi connectivity index (χ1v) is 7.85. The van der Waals surface area contributed by atoms with E-state index in [4.69, 9.17) is 0 Å². The minimum atomic E-state index is -1.14. The lowest BCUT2D eigenvalue weighted by Crippen LogP contribution is -2.24. The number of carbonyl (C=O) groups excluding carboxylic acids is 2. The molecule has 0 N–H and O–H groups in total. The Morgan fingerprint density at radius 1 is 1.35 bits per heavy atom. The second-order valence-electron chi connectivity index (χ2n) is 5.19. The minimum Gasteiger partial charge on any atom is -0.297 e. The average molecular weight is 287 g/mol. The van der Waals surface area contributed by atoms with Crippen LogP contribution in [0.25, 0.3) is 0 Å². The average Bonchev–Trinajstić information content (AvgIpc) is 3.26. The summed E-state index contributed by atoms with van der Waals surface area (Å²) < 4.78 is 0. The molecule has 1 aliphatic carbocycles. The van der Waals surface area contributed by atoms with Gasteiger partial charge in [-0.15, -0.1) is 11.8 Å². The Kier molecular flexibility index (Phi) is 4.29. The molecule has 104 valence electrons. The summed E-state index contributed by atoms with van der Waals surface area (Å²) in [6, 6.07) is 5.51. The van der Waals surface area contributed by atoms with Crippen LogP contribution >= 0.6 is 11.8 Å². The van der Waals surface area contributed by atoms with Gasteiger partial charge in [0.15, 0.2) is 17.5 Å². The van der Waals surface area contributed by atoms with Crippen molar-refractivity contribution in [1.82, 2.24) is 0 Å². The van der Waals surface area contributed by atoms with E-state index in [0.717, 1.165) is 28.9 Å². The molecule has 0 aliphatic heterocycles. The van der Waals surface area contributed by atoms with Crippen LogP contribution in [0.3, 0.4) is 0 Å². The first kappa shape index (κ1) is 14.8. The van der Waals surface area contributed by atoms with Gasteiger partial charge < -0.3 is 0 Å². The molecule has 0 bridgehead atoms. The van der Waals surface area contributed by atoms with Crippen LogP contribution in [0, 0.1) is 37.0 Å². The maximum atomic E-state index is 12.5. The van der Waals surface area contributed by atoms with Gasteiger partial charge in [-0.2, -0.15) is 5.26 Å². The van der Waals surface area contributed by atoms with Gasteiger partial charge in [-0.3, -0.25) is 9.59 Å². The molecule has 2 rings (SSSR count). The predicted molar refractivity (Wildman–Crippen MR) is 78.9 cm³/mol. The van der Waals surface area contributed by atoms with E-state index in [1.165, 1.54) is 11.8 Å². The number of ketones is 2. The van der Waals surface area contributed by atoms with Gasteiger partial charge in [-0.1, -0.05) is 6.07 Å². The number of nitriles is 1. The van der Waals surface area contributed by atoms with Gasteiger partial charge in [-0.25, -0.2) is 0 Å². The zero-order chi connectivity index (χ0) is 14.9. The van der Waals surface area contributed by atoms with E-state index in [0.29, 0.717) is 5.56 Å². The zero-order valence-corrected chi connectivity index (χ0v) is 12.7. The molecule has 1 unspecified atom stereocenters. The molecule has 4 heteroatoms. The van der Waals surface area contributed by atoms with E-state index >= 15 is 0 Å². The maximum absolute atomic E-state index is 12.5. The molecule has 1 saturated carbocycles. The van der Waals surface area contributed by atoms with E-state index in [-0.39, 0.29) is 17.5 Å². The summed E-state index contributed by atoms with van der Waals surface area (Å²) in [5.41, 5.74) is 2.65. The number of Topliss-reactive ketones (excluding diaryl/α,β-unsaturated/α-hetero) is 2. The first-order chi connectivity index (χ1) is 9.51. The molecule has 1 atom stereocenters. The number of thioether (sulfide) groups is 1. The highest BCUT2D eigenvalue weighted by molar-refractivity contribution is 7.98. The molecule has 0 radical (unpaired) electrons. The van der Waals surface area contributed by atoms with Crippen LogP contribution in [0.4, 0.5) is 0 Å². The van der Waals surface area contributed by atoms with Gasteiger partial charge in [0.2, 0.25) is 0 Å². The Labute approximate surface area is 123 Å². The van der Waals surface area contributed by atoms with Crippen molar-refractivity contribution in [2.45, 2.75) is 31.6 Å². The molecule has 0 amide bonds. The van der Waals surface area contributed by atoms with Crippen molar-refractivity contribution in [2.24, 2.45) is 11.8 Å². The summed E-state index contributed by atoms with van der Waals surface area (Å²) in [6.45, 7) is 3.95. The van der Waals surface area contributed by atoms with Gasteiger partial charge >= 0.3 is 0 Å². The topological polar surface area (TPSA) is 57.9 Å². The highest BCUT2D eigenvalue weighted by Crippen LogP contribution is 2.35. The van der Waals surface area contributed by atoms with Gasteiger partial charge in [0.05, 0.1) is 6.07 Å². The van der Waals surface area contributed by atoms with E-state index in [2.05, 4.69) is 0 Å². The Morgan fingerprint density at radius 3 is 2.50 bits per heavy atom. The van der Waals surface area contributed by atoms with Crippen molar-refractivity contribution in [2.75, 3.05) is 6.26 Å². The van der Waals surface area contributed by atoms with Crippen LogP contribution in [0.15, 0.2) is 17.0 Å². The van der Waals surface area contributed by atoms with Crippen LogP contribution in [0.2, 0.25) is 0 Å². The standard InChI is InChI=1S/C16H17NO2S/c1-9-4-7-12(16(20-3)10(9)2)15(19)13(8-17)14(18)11-5-6-11/h4,7,11,13H,5-6H2,1-3H3. The fourth-order valence-electron chi connectivity index (χ4n) is 2.26. The smallest absolute Gasteiger partial charge is 0.188 e. The van der Waals surface area contributed by atoms with Crippen LogP contribution in [-0.4, -0.2) is 17.8 Å². The third kappa shape index (κ3) is 2.64. The minimum absolute atomic E-state index is 0.0760. The molecule has 0 aromatic heterocycles. The molecule has 1 aromatic carbocycles. The second-order valence-corrected chi connectivity index (χ2v) is 6.01. The van der Waals surface area contributed by atoms with Gasteiger partial charge in [0.25, 0.3) is 0 Å². The van der Waals surface area contributed by atoms with Gasteiger partial charge in [0.1, 0.15) is 0 Å². The molecule has 1 aliphatic rings. The number of rotatable bonds is 5. The van der Waals surface area contributed by atoms with Crippen molar-refractivity contribution in [3.63, 3.8) is 0 Å². The largest absolute Gasteiger partial charge is 0.297 e. The van der Waals surface area contributed by atoms with E-state index < -0.39 is 5.92 Å². The van der Waals surface area contributed by atoms with Crippen LogP contribution in [-0.2, 0) is 4.79 Å². The molecule has 0 spiro atoms. The van der Waals surface area contributed by atoms with Crippen molar-refractivity contribution in [3.8, 4) is 6.07 Å². The third-order valence-electron chi connectivity index (χ3n) is 3.80. The lowest BCUT2D eigenvalue weighted by molar-refractivity contribution is -0.121. The van der Waals surface area contributed by atoms with Crippen LogP contribution in [0.5, 0.6) is 0 Å². The van der Waals surface area contributed by atoms with Crippen molar-refractivity contribution in [1.29, 1.82) is 5.26 Å². The van der Waals surface area contributed by atoms with E-state index in [1.807, 2.05) is 32.2 Å². The number of benzene rings is 1. The van der Waals surface area contributed by atoms with E-state index in [1.54, 1.807) is 6.07 Å². The summed E-state index contributed by atoms with van der Waals surface area (Å²) in [5, 5.41) is 9.19. The van der Waals surface area contributed by atoms with Gasteiger partial charge in [-0.05, 0) is 50.1 Å². The fraction of sp³-hybridized carbons (Fsp3) is 0.438. The van der Waals surface area contributed by atoms with Crippen molar-refractivity contribution in [3.05, 3.63) is 28.8 Å². The molecule has 20 heavy (non-hydrogen) atoms. The van der Waals surface area contributed by atoms with Gasteiger partial charge in [0, 0.05) is 16.4 Å². The first-order valence-electron chi connectivity index (χ1n) is 6.63. The number of hydrogen-bond donors (Lipinski definition) is 0. The van der Waals surface area contributed by atoms with Crippen molar-refractivity contribution < 1.29 is 9.59 Å². The highest BCUT2D eigenvalue weighted by Gasteiger charge is 2.39. The quantitative estimate of drug-likeness (QED) is 0.473. The molecule has 1 fully saturated rings. The normalized spacial score (nSPS) is 15.5. The number of carbonyl (C=O) groups is 2. The number of hydrogen-bond acceptors (Lipinski definition) is 4. The maximum Gasteiger partial charge on any atom is 0.188 e. The fourth-order valence-corrected chi connectivity index (χ4v) is 3.11. The molecular formula is C16H17NO2S. The summed E-state index contributed by atoms with van der Waals surface area (Å²) >= 11 is 1.49. The summed E-state index contributed by atoms with van der Waals surface area (Å²) in [5.74, 6) is -1.77. The Balaban J connectivity index is 2.40. The van der Waals surface area contributed by atoms with Crippen molar-refractivity contribution >= 4 is 23.3 Å². The Hall–Kier alpha value is -1.60. The molecular weight excluding hydrogens is 270 g/mol. The summed E-state index contributed by atoms with van der Waals surface area (Å²) in [4.78, 5) is 25.5. The second kappa shape index (κ2) is 5.80. The van der Waals surface area contributed by atoms with E-state index in [9.17, 15) is 14.9 Å². The lowest BCUT2D eigenvalue weighted by atomic mass is 9.91. The highest BCUT2D eigenvalue weighted by atomic mass is 32.2. The lowest BCUT2D eigenvalue weighted by Gasteiger charge is -2.14. The number of nitrogens with zero attached hydrogens (tertiary/aromatic N) is 1. The predicted octanol–water partition coefficient (Wildman–Crippen LogP) is 3.33. The summed E-state index contributed by atoms with van der Waals surface area (Å²) in [7, 11) is 0.